The lowest BCUT2D eigenvalue weighted by Crippen LogP contribution is -2.48. The molecule has 1 amide bonds. The highest BCUT2D eigenvalue weighted by molar-refractivity contribution is 7.87. The van der Waals surface area contributed by atoms with Crippen molar-refractivity contribution in [2.75, 3.05) is 20.2 Å². The first-order valence-corrected chi connectivity index (χ1v) is 6.39. The number of amides is 1. The Kier molecular flexibility index (Phi) is 4.29. The van der Waals surface area contributed by atoms with Gasteiger partial charge in [-0.25, -0.2) is 9.52 Å². The Labute approximate surface area is 98.7 Å². The van der Waals surface area contributed by atoms with E-state index < -0.39 is 28.2 Å². The van der Waals surface area contributed by atoms with Gasteiger partial charge < -0.3 is 9.84 Å². The second-order valence-electron chi connectivity index (χ2n) is 3.63. The van der Waals surface area contributed by atoms with Crippen molar-refractivity contribution in [2.24, 2.45) is 5.92 Å². The number of rotatable bonds is 3. The molecule has 1 heterocycles. The number of carboxylic acid groups (broad SMARTS) is 1. The molecule has 1 rings (SSSR count). The summed E-state index contributed by atoms with van der Waals surface area (Å²) in [6, 6.07) is 0. The van der Waals surface area contributed by atoms with Crippen molar-refractivity contribution in [3.05, 3.63) is 0 Å². The number of aliphatic carboxylic acids is 1. The minimum atomic E-state index is -4.02. The summed E-state index contributed by atoms with van der Waals surface area (Å²) in [6.07, 6.45) is -0.221. The molecule has 0 aliphatic carbocycles. The van der Waals surface area contributed by atoms with Crippen LogP contribution in [0.15, 0.2) is 0 Å². The van der Waals surface area contributed by atoms with Crippen LogP contribution in [0.5, 0.6) is 0 Å². The predicted octanol–water partition coefficient (Wildman–Crippen LogP) is -0.616. The number of methoxy groups -OCH3 is 1. The highest BCUT2D eigenvalue weighted by Crippen LogP contribution is 2.18. The third kappa shape index (κ3) is 3.56. The Balaban J connectivity index is 2.71. The van der Waals surface area contributed by atoms with Crippen molar-refractivity contribution >= 4 is 22.3 Å². The lowest BCUT2D eigenvalue weighted by Gasteiger charge is -2.29. The van der Waals surface area contributed by atoms with Gasteiger partial charge in [0.1, 0.15) is 0 Å². The Morgan fingerprint density at radius 3 is 2.65 bits per heavy atom. The summed E-state index contributed by atoms with van der Waals surface area (Å²) in [6.45, 7) is 0.0533. The quantitative estimate of drug-likeness (QED) is 0.704. The molecule has 0 aromatic heterocycles. The maximum Gasteiger partial charge on any atom is 0.421 e. The molecule has 0 radical (unpaired) electrons. The van der Waals surface area contributed by atoms with Crippen molar-refractivity contribution in [3.63, 3.8) is 0 Å². The molecule has 0 saturated carbocycles. The zero-order valence-corrected chi connectivity index (χ0v) is 10.1. The highest BCUT2D eigenvalue weighted by atomic mass is 32.2. The fourth-order valence-corrected chi connectivity index (χ4v) is 2.74. The van der Waals surface area contributed by atoms with E-state index in [2.05, 4.69) is 4.74 Å². The maximum absolute atomic E-state index is 11.6. The molecule has 0 spiro atoms. The number of carbonyl (C=O) groups is 2. The molecule has 1 aliphatic heterocycles. The van der Waals surface area contributed by atoms with Crippen LogP contribution in [0.2, 0.25) is 0 Å². The van der Waals surface area contributed by atoms with Crippen LogP contribution >= 0.6 is 0 Å². The van der Waals surface area contributed by atoms with Gasteiger partial charge in [0, 0.05) is 13.1 Å². The number of nitrogens with one attached hydrogen (secondary N) is 1. The highest BCUT2D eigenvalue weighted by Gasteiger charge is 2.33. The lowest BCUT2D eigenvalue weighted by molar-refractivity contribution is -0.142. The fraction of sp³-hybridized carbons (Fsp3) is 0.750. The second kappa shape index (κ2) is 5.32. The first-order chi connectivity index (χ1) is 7.86. The molecule has 1 atom stereocenters. The first-order valence-electron chi connectivity index (χ1n) is 4.95. The minimum absolute atomic E-state index is 0.137. The number of hydrogen-bond donors (Lipinski definition) is 2. The SMILES string of the molecule is COC(=O)NS(=O)(=O)N1CCC[C@@H](C(=O)O)C1. The van der Waals surface area contributed by atoms with E-state index in [1.54, 1.807) is 4.72 Å². The summed E-state index contributed by atoms with van der Waals surface area (Å²) in [5, 5.41) is 8.82. The third-order valence-corrected chi connectivity index (χ3v) is 3.91. The van der Waals surface area contributed by atoms with E-state index in [1.165, 1.54) is 0 Å². The molecule has 1 saturated heterocycles. The van der Waals surface area contributed by atoms with Gasteiger partial charge in [-0.1, -0.05) is 0 Å². The number of hydrogen-bond acceptors (Lipinski definition) is 5. The molecule has 0 aromatic carbocycles. The Morgan fingerprint density at radius 2 is 2.12 bits per heavy atom. The summed E-state index contributed by atoms with van der Waals surface area (Å²) >= 11 is 0. The lowest BCUT2D eigenvalue weighted by atomic mass is 10.0. The number of carboxylic acids is 1. The van der Waals surface area contributed by atoms with E-state index in [-0.39, 0.29) is 13.1 Å². The average Bonchev–Trinajstić information content (AvgIpc) is 2.28. The maximum atomic E-state index is 11.6. The summed E-state index contributed by atoms with van der Waals surface area (Å²) in [5.74, 6) is -1.78. The fourth-order valence-electron chi connectivity index (χ4n) is 1.57. The molecular weight excluding hydrogens is 252 g/mol. The number of carbonyl (C=O) groups excluding carboxylic acids is 1. The topological polar surface area (TPSA) is 113 Å². The standard InChI is InChI=1S/C8H14N2O6S/c1-16-8(13)9-17(14,15)10-4-2-3-6(5-10)7(11)12/h6H,2-5H2,1H3,(H,9,13)(H,11,12)/t6-/m1/s1. The van der Waals surface area contributed by atoms with Crippen molar-refractivity contribution in [1.82, 2.24) is 9.03 Å². The third-order valence-electron chi connectivity index (χ3n) is 2.47. The Hall–Kier alpha value is -1.35. The van der Waals surface area contributed by atoms with E-state index in [0.29, 0.717) is 12.8 Å². The molecule has 0 bridgehead atoms. The van der Waals surface area contributed by atoms with Gasteiger partial charge >= 0.3 is 22.3 Å². The van der Waals surface area contributed by atoms with Gasteiger partial charge in [0.05, 0.1) is 13.0 Å². The van der Waals surface area contributed by atoms with E-state index in [4.69, 9.17) is 5.11 Å². The van der Waals surface area contributed by atoms with Crippen LogP contribution in [0.4, 0.5) is 4.79 Å². The van der Waals surface area contributed by atoms with Gasteiger partial charge in [-0.2, -0.15) is 12.7 Å². The van der Waals surface area contributed by atoms with Gasteiger partial charge in [0.15, 0.2) is 0 Å². The van der Waals surface area contributed by atoms with Crippen molar-refractivity contribution in [1.29, 1.82) is 0 Å². The molecule has 0 aromatic rings. The summed E-state index contributed by atoms with van der Waals surface area (Å²) in [4.78, 5) is 21.6. The summed E-state index contributed by atoms with van der Waals surface area (Å²) < 4.78 is 30.1. The molecule has 17 heavy (non-hydrogen) atoms. The van der Waals surface area contributed by atoms with Gasteiger partial charge in [-0.15, -0.1) is 0 Å². The van der Waals surface area contributed by atoms with Crippen LogP contribution < -0.4 is 4.72 Å². The van der Waals surface area contributed by atoms with Crippen molar-refractivity contribution in [2.45, 2.75) is 12.8 Å². The van der Waals surface area contributed by atoms with Crippen molar-refractivity contribution < 1.29 is 27.9 Å². The predicted molar refractivity (Wildman–Crippen MR) is 56.4 cm³/mol. The van der Waals surface area contributed by atoms with Crippen LogP contribution in [-0.2, 0) is 19.7 Å². The summed E-state index contributed by atoms with van der Waals surface area (Å²) in [7, 11) is -2.97. The minimum Gasteiger partial charge on any atom is -0.481 e. The van der Waals surface area contributed by atoms with Crippen LogP contribution in [0.1, 0.15) is 12.8 Å². The van der Waals surface area contributed by atoms with E-state index in [1.807, 2.05) is 0 Å². The second-order valence-corrected chi connectivity index (χ2v) is 5.30. The zero-order chi connectivity index (χ0) is 13.1. The van der Waals surface area contributed by atoms with Crippen LogP contribution in [0, 0.1) is 5.92 Å². The van der Waals surface area contributed by atoms with Crippen LogP contribution in [0.3, 0.4) is 0 Å². The molecule has 8 nitrogen and oxygen atoms in total. The summed E-state index contributed by atoms with van der Waals surface area (Å²) in [5.41, 5.74) is 0. The van der Waals surface area contributed by atoms with Crippen LogP contribution in [0.25, 0.3) is 0 Å². The average molecular weight is 266 g/mol. The van der Waals surface area contributed by atoms with Gasteiger partial charge in [0.25, 0.3) is 0 Å². The van der Waals surface area contributed by atoms with E-state index >= 15 is 0 Å². The van der Waals surface area contributed by atoms with E-state index in [9.17, 15) is 18.0 Å². The molecule has 1 fully saturated rings. The Bertz CT molecular complexity index is 406. The molecule has 98 valence electrons. The molecule has 0 unspecified atom stereocenters. The molecular formula is C8H14N2O6S. The number of nitrogens with zero attached hydrogens (tertiary/aromatic N) is 1. The van der Waals surface area contributed by atoms with Gasteiger partial charge in [0.2, 0.25) is 0 Å². The first kappa shape index (κ1) is 13.7. The van der Waals surface area contributed by atoms with Crippen molar-refractivity contribution in [3.8, 4) is 0 Å². The normalized spacial score (nSPS) is 21.8. The Morgan fingerprint density at radius 1 is 1.47 bits per heavy atom. The molecule has 9 heteroatoms. The zero-order valence-electron chi connectivity index (χ0n) is 9.25. The monoisotopic (exact) mass is 266 g/mol. The largest absolute Gasteiger partial charge is 0.481 e. The number of piperidine rings is 1. The smallest absolute Gasteiger partial charge is 0.421 e. The molecule has 2 N–H and O–H groups in total. The van der Waals surface area contributed by atoms with Gasteiger partial charge in [-0.05, 0) is 12.8 Å². The van der Waals surface area contributed by atoms with Crippen LogP contribution in [-0.4, -0.2) is 50.1 Å². The van der Waals surface area contributed by atoms with Gasteiger partial charge in [-0.3, -0.25) is 4.79 Å². The van der Waals surface area contributed by atoms with E-state index in [0.717, 1.165) is 11.4 Å². The molecule has 1 aliphatic rings. The number of ether oxygens (including phenoxy) is 1.